The average molecular weight is 350 g/mol. The fourth-order valence-corrected chi connectivity index (χ4v) is 2.86. The number of anilines is 3. The van der Waals surface area contributed by atoms with Crippen molar-refractivity contribution in [3.8, 4) is 5.88 Å². The number of ether oxygens (including phenoxy) is 1. The first kappa shape index (κ1) is 16.5. The van der Waals surface area contributed by atoms with Crippen LogP contribution in [-0.4, -0.2) is 59.8 Å². The third-order valence-electron chi connectivity index (χ3n) is 3.80. The second-order valence-electron chi connectivity index (χ2n) is 5.22. The number of hydrogen-bond acceptors (Lipinski definition) is 8. The Morgan fingerprint density at radius 1 is 1.17 bits per heavy atom. The number of halogens is 1. The van der Waals surface area contributed by atoms with Crippen LogP contribution < -0.4 is 19.9 Å². The predicted molar refractivity (Wildman–Crippen MR) is 94.2 cm³/mol. The van der Waals surface area contributed by atoms with E-state index in [0.717, 1.165) is 37.7 Å². The molecule has 0 saturated carbocycles. The van der Waals surface area contributed by atoms with E-state index in [1.54, 1.807) is 12.3 Å². The van der Waals surface area contributed by atoms with Gasteiger partial charge in [-0.3, -0.25) is 0 Å². The molecule has 1 N–H and O–H groups in total. The molecular formula is C15H20ClN7O. The quantitative estimate of drug-likeness (QED) is 0.817. The Kier molecular flexibility index (Phi) is 5.14. The highest BCUT2D eigenvalue weighted by Gasteiger charge is 2.23. The van der Waals surface area contributed by atoms with Crippen LogP contribution >= 0.6 is 11.6 Å². The minimum Gasteiger partial charge on any atom is -0.478 e. The second kappa shape index (κ2) is 7.48. The van der Waals surface area contributed by atoms with Crippen LogP contribution in [0.25, 0.3) is 0 Å². The molecule has 2 aromatic heterocycles. The van der Waals surface area contributed by atoms with E-state index >= 15 is 0 Å². The Balaban J connectivity index is 1.70. The lowest BCUT2D eigenvalue weighted by Gasteiger charge is -2.36. The summed E-state index contributed by atoms with van der Waals surface area (Å²) < 4.78 is 5.44. The number of nitrogens with one attached hydrogen (secondary N) is 1. The van der Waals surface area contributed by atoms with Crippen molar-refractivity contribution >= 4 is 29.1 Å². The Bertz CT molecular complexity index is 691. The lowest BCUT2D eigenvalue weighted by atomic mass is 10.3. The van der Waals surface area contributed by atoms with Crippen LogP contribution in [0.2, 0.25) is 5.15 Å². The van der Waals surface area contributed by atoms with Gasteiger partial charge in [0.1, 0.15) is 12.0 Å². The van der Waals surface area contributed by atoms with Gasteiger partial charge < -0.3 is 19.9 Å². The van der Waals surface area contributed by atoms with Crippen molar-refractivity contribution in [2.24, 2.45) is 0 Å². The summed E-state index contributed by atoms with van der Waals surface area (Å²) in [6.07, 6.45) is 3.21. The molecular weight excluding hydrogens is 330 g/mol. The van der Waals surface area contributed by atoms with Gasteiger partial charge in [0.2, 0.25) is 11.8 Å². The first-order chi connectivity index (χ1) is 11.7. The summed E-state index contributed by atoms with van der Waals surface area (Å²) in [6, 6.07) is 1.77. The third-order valence-corrected chi connectivity index (χ3v) is 4.09. The predicted octanol–water partition coefficient (Wildman–Crippen LogP) is 1.69. The number of nitrogens with zero attached hydrogens (tertiary/aromatic N) is 6. The van der Waals surface area contributed by atoms with Gasteiger partial charge in [0.15, 0.2) is 11.0 Å². The first-order valence-corrected chi connectivity index (χ1v) is 8.24. The van der Waals surface area contributed by atoms with E-state index in [1.165, 1.54) is 6.33 Å². The van der Waals surface area contributed by atoms with Gasteiger partial charge in [-0.25, -0.2) is 15.0 Å². The maximum atomic E-state index is 6.14. The zero-order valence-corrected chi connectivity index (χ0v) is 14.5. The zero-order valence-electron chi connectivity index (χ0n) is 13.7. The van der Waals surface area contributed by atoms with Crippen molar-refractivity contribution in [2.75, 3.05) is 55.0 Å². The zero-order chi connectivity index (χ0) is 16.9. The lowest BCUT2D eigenvalue weighted by molar-refractivity contribution is 0.326. The highest BCUT2D eigenvalue weighted by atomic mass is 35.5. The molecule has 0 bridgehead atoms. The molecule has 1 aliphatic heterocycles. The van der Waals surface area contributed by atoms with Crippen LogP contribution in [0.15, 0.2) is 18.6 Å². The van der Waals surface area contributed by atoms with Crippen molar-refractivity contribution in [3.05, 3.63) is 23.7 Å². The molecule has 1 aliphatic rings. The second-order valence-corrected chi connectivity index (χ2v) is 5.57. The fourth-order valence-electron chi connectivity index (χ4n) is 2.64. The van der Waals surface area contributed by atoms with Gasteiger partial charge in [0.25, 0.3) is 0 Å². The molecule has 3 heterocycles. The SMILES string of the molecule is CCOc1ccnc(N2CCN(c3ncnc(Cl)c3NC)CC2)n1. The summed E-state index contributed by atoms with van der Waals surface area (Å²) in [5, 5.41) is 3.50. The molecule has 128 valence electrons. The molecule has 24 heavy (non-hydrogen) atoms. The standard InChI is InChI=1S/C15H20ClN7O/c1-3-24-11-4-5-18-15(21-11)23-8-6-22(7-9-23)14-12(17-2)13(16)19-10-20-14/h4-5,10,17H,3,6-9H2,1-2H3. The fraction of sp³-hybridized carbons (Fsp3) is 0.467. The largest absolute Gasteiger partial charge is 0.478 e. The molecule has 0 radical (unpaired) electrons. The summed E-state index contributed by atoms with van der Waals surface area (Å²) in [5.74, 6) is 2.11. The monoisotopic (exact) mass is 349 g/mol. The lowest BCUT2D eigenvalue weighted by Crippen LogP contribution is -2.47. The van der Waals surface area contributed by atoms with Crippen molar-refractivity contribution in [1.82, 2.24) is 19.9 Å². The van der Waals surface area contributed by atoms with Crippen LogP contribution in [0.1, 0.15) is 6.92 Å². The maximum absolute atomic E-state index is 6.14. The molecule has 0 unspecified atom stereocenters. The summed E-state index contributed by atoms with van der Waals surface area (Å²) in [5.41, 5.74) is 0.752. The number of aromatic nitrogens is 4. The van der Waals surface area contributed by atoms with Gasteiger partial charge in [0, 0.05) is 45.5 Å². The highest BCUT2D eigenvalue weighted by molar-refractivity contribution is 6.32. The van der Waals surface area contributed by atoms with E-state index in [-0.39, 0.29) is 0 Å². The molecule has 2 aromatic rings. The van der Waals surface area contributed by atoms with Gasteiger partial charge in [0.05, 0.1) is 6.61 Å². The molecule has 8 nitrogen and oxygen atoms in total. The summed E-state index contributed by atoms with van der Waals surface area (Å²) >= 11 is 6.14. The van der Waals surface area contributed by atoms with E-state index in [0.29, 0.717) is 23.6 Å². The van der Waals surface area contributed by atoms with Crippen LogP contribution in [-0.2, 0) is 0 Å². The van der Waals surface area contributed by atoms with Crippen LogP contribution in [0, 0.1) is 0 Å². The molecule has 0 amide bonds. The maximum Gasteiger partial charge on any atom is 0.228 e. The van der Waals surface area contributed by atoms with Gasteiger partial charge in [-0.05, 0) is 6.92 Å². The van der Waals surface area contributed by atoms with Crippen LogP contribution in [0.4, 0.5) is 17.5 Å². The van der Waals surface area contributed by atoms with Gasteiger partial charge in [-0.2, -0.15) is 4.98 Å². The topological polar surface area (TPSA) is 79.3 Å². The summed E-state index contributed by atoms with van der Waals surface area (Å²) in [7, 11) is 1.82. The average Bonchev–Trinajstić information content (AvgIpc) is 2.62. The highest BCUT2D eigenvalue weighted by Crippen LogP contribution is 2.29. The normalized spacial score (nSPS) is 14.6. The molecule has 0 aliphatic carbocycles. The molecule has 0 atom stereocenters. The Morgan fingerprint density at radius 3 is 2.62 bits per heavy atom. The molecule has 1 fully saturated rings. The van der Waals surface area contributed by atoms with Crippen LogP contribution in [0.5, 0.6) is 5.88 Å². The number of piperazine rings is 1. The Morgan fingerprint density at radius 2 is 1.92 bits per heavy atom. The smallest absolute Gasteiger partial charge is 0.228 e. The minimum atomic E-state index is 0.428. The molecule has 3 rings (SSSR count). The van der Waals surface area contributed by atoms with Crippen molar-refractivity contribution in [1.29, 1.82) is 0 Å². The van der Waals surface area contributed by atoms with Gasteiger partial charge in [-0.15, -0.1) is 0 Å². The van der Waals surface area contributed by atoms with E-state index in [9.17, 15) is 0 Å². The van der Waals surface area contributed by atoms with Gasteiger partial charge in [-0.1, -0.05) is 11.6 Å². The number of rotatable bonds is 5. The summed E-state index contributed by atoms with van der Waals surface area (Å²) in [6.45, 7) is 5.70. The Labute approximate surface area is 145 Å². The molecule has 9 heteroatoms. The van der Waals surface area contributed by atoms with Crippen molar-refractivity contribution in [3.63, 3.8) is 0 Å². The number of hydrogen-bond donors (Lipinski definition) is 1. The minimum absolute atomic E-state index is 0.428. The van der Waals surface area contributed by atoms with Gasteiger partial charge >= 0.3 is 0 Å². The van der Waals surface area contributed by atoms with Crippen molar-refractivity contribution < 1.29 is 4.74 Å². The van der Waals surface area contributed by atoms with E-state index < -0.39 is 0 Å². The molecule has 0 spiro atoms. The molecule has 0 aromatic carbocycles. The summed E-state index contributed by atoms with van der Waals surface area (Å²) in [4.78, 5) is 21.5. The Hall–Kier alpha value is -2.35. The van der Waals surface area contributed by atoms with Crippen LogP contribution in [0.3, 0.4) is 0 Å². The third kappa shape index (κ3) is 3.43. The van der Waals surface area contributed by atoms with E-state index in [1.807, 2.05) is 14.0 Å². The van der Waals surface area contributed by atoms with E-state index in [2.05, 4.69) is 35.1 Å². The van der Waals surface area contributed by atoms with E-state index in [4.69, 9.17) is 16.3 Å². The van der Waals surface area contributed by atoms with Crippen molar-refractivity contribution in [2.45, 2.75) is 6.92 Å². The molecule has 1 saturated heterocycles. The first-order valence-electron chi connectivity index (χ1n) is 7.87.